The van der Waals surface area contributed by atoms with Crippen LogP contribution in [0.5, 0.6) is 11.5 Å². The van der Waals surface area contributed by atoms with Gasteiger partial charge in [0.05, 0.1) is 24.8 Å². The van der Waals surface area contributed by atoms with Gasteiger partial charge in [-0.1, -0.05) is 18.2 Å². The summed E-state index contributed by atoms with van der Waals surface area (Å²) >= 11 is 0. The monoisotopic (exact) mass is 469 g/mol. The van der Waals surface area contributed by atoms with Gasteiger partial charge < -0.3 is 24.0 Å². The summed E-state index contributed by atoms with van der Waals surface area (Å²) in [7, 11) is 0. The summed E-state index contributed by atoms with van der Waals surface area (Å²) in [5.41, 5.74) is 4.20. The third-order valence-corrected chi connectivity index (χ3v) is 6.06. The van der Waals surface area contributed by atoms with E-state index in [-0.39, 0.29) is 6.10 Å². The van der Waals surface area contributed by atoms with Crippen molar-refractivity contribution in [3.05, 3.63) is 108 Å². The number of hydrogen-bond acceptors (Lipinski definition) is 5. The number of rotatable bonds is 9. The molecule has 2 aromatic heterocycles. The number of carboxylic acid groups (broad SMARTS) is 1. The van der Waals surface area contributed by atoms with E-state index in [1.165, 1.54) is 0 Å². The van der Waals surface area contributed by atoms with Gasteiger partial charge in [-0.05, 0) is 60.5 Å². The molecule has 0 bridgehead atoms. The zero-order valence-electron chi connectivity index (χ0n) is 19.5. The molecule has 4 aromatic rings. The zero-order valence-corrected chi connectivity index (χ0v) is 19.5. The third-order valence-electron chi connectivity index (χ3n) is 6.06. The molecule has 3 heterocycles. The number of hydrogen-bond donors (Lipinski definition) is 1. The Morgan fingerprint density at radius 3 is 2.51 bits per heavy atom. The van der Waals surface area contributed by atoms with E-state index in [9.17, 15) is 9.90 Å². The molecule has 7 heteroatoms. The van der Waals surface area contributed by atoms with Crippen LogP contribution in [-0.4, -0.2) is 39.8 Å². The van der Waals surface area contributed by atoms with Crippen molar-refractivity contribution in [1.29, 1.82) is 0 Å². The van der Waals surface area contributed by atoms with E-state index in [1.807, 2.05) is 72.4 Å². The van der Waals surface area contributed by atoms with E-state index in [0.29, 0.717) is 31.8 Å². The van der Waals surface area contributed by atoms with Crippen LogP contribution in [0.15, 0.2) is 85.5 Å². The molecule has 5 rings (SSSR count). The van der Waals surface area contributed by atoms with Crippen molar-refractivity contribution in [1.82, 2.24) is 9.55 Å². The SMILES string of the molecule is Cc1cncc(OCc2ccc(OC3CN(c4cccc(C(=O)O)c4Cn4cccc4)C3)cc2)c1. The van der Waals surface area contributed by atoms with E-state index in [4.69, 9.17) is 9.47 Å². The van der Waals surface area contributed by atoms with Crippen molar-refractivity contribution in [3.8, 4) is 11.5 Å². The normalized spacial score (nSPS) is 13.3. The molecule has 0 aliphatic carbocycles. The molecule has 0 radical (unpaired) electrons. The number of aryl methyl sites for hydroxylation is 1. The second kappa shape index (κ2) is 9.93. The highest BCUT2D eigenvalue weighted by Gasteiger charge is 2.31. The van der Waals surface area contributed by atoms with Gasteiger partial charge in [-0.15, -0.1) is 0 Å². The van der Waals surface area contributed by atoms with Gasteiger partial charge in [0.25, 0.3) is 0 Å². The highest BCUT2D eigenvalue weighted by atomic mass is 16.5. The lowest BCUT2D eigenvalue weighted by Gasteiger charge is -2.41. The minimum absolute atomic E-state index is 0.0448. The number of anilines is 1. The van der Waals surface area contributed by atoms with Crippen molar-refractivity contribution < 1.29 is 19.4 Å². The molecular formula is C28H27N3O4. The van der Waals surface area contributed by atoms with E-state index < -0.39 is 5.97 Å². The van der Waals surface area contributed by atoms with E-state index >= 15 is 0 Å². The minimum Gasteiger partial charge on any atom is -0.487 e. The second-order valence-electron chi connectivity index (χ2n) is 8.74. The maximum Gasteiger partial charge on any atom is 0.336 e. The fourth-order valence-electron chi connectivity index (χ4n) is 4.23. The predicted octanol–water partition coefficient (Wildman–Crippen LogP) is 4.78. The van der Waals surface area contributed by atoms with Crippen LogP contribution in [0.25, 0.3) is 0 Å². The number of benzene rings is 2. The first-order valence-electron chi connectivity index (χ1n) is 11.6. The molecule has 178 valence electrons. The predicted molar refractivity (Wildman–Crippen MR) is 133 cm³/mol. The highest BCUT2D eigenvalue weighted by molar-refractivity contribution is 5.91. The Morgan fingerprint density at radius 1 is 1.03 bits per heavy atom. The first-order chi connectivity index (χ1) is 17.0. The van der Waals surface area contributed by atoms with E-state index in [1.54, 1.807) is 24.5 Å². The van der Waals surface area contributed by atoms with Crippen LogP contribution < -0.4 is 14.4 Å². The molecule has 1 saturated heterocycles. The number of aromatic nitrogens is 2. The summed E-state index contributed by atoms with van der Waals surface area (Å²) in [4.78, 5) is 18.2. The number of aromatic carboxylic acids is 1. The number of nitrogens with zero attached hydrogens (tertiary/aromatic N) is 3. The molecule has 0 spiro atoms. The maximum absolute atomic E-state index is 11.8. The highest BCUT2D eigenvalue weighted by Crippen LogP contribution is 2.30. The molecule has 7 nitrogen and oxygen atoms in total. The van der Waals surface area contributed by atoms with Crippen molar-refractivity contribution in [2.75, 3.05) is 18.0 Å². The first kappa shape index (κ1) is 22.5. The second-order valence-corrected chi connectivity index (χ2v) is 8.74. The standard InChI is InChI=1S/C28H27N3O4/c1-20-13-23(15-29-14-20)34-19-21-7-9-22(10-8-21)35-24-16-31(17-24)27-6-4-5-25(28(32)33)26(27)18-30-11-2-3-12-30/h2-15,24H,16-19H2,1H3,(H,32,33). The van der Waals surface area contributed by atoms with Crippen LogP contribution in [0.2, 0.25) is 0 Å². The zero-order chi connectivity index (χ0) is 24.2. The fraction of sp³-hybridized carbons (Fsp3) is 0.214. The summed E-state index contributed by atoms with van der Waals surface area (Å²) < 4.78 is 13.9. The topological polar surface area (TPSA) is 76.8 Å². The van der Waals surface area contributed by atoms with E-state index in [0.717, 1.165) is 33.9 Å². The van der Waals surface area contributed by atoms with Crippen molar-refractivity contribution in [2.24, 2.45) is 0 Å². The number of pyridine rings is 1. The number of ether oxygens (including phenoxy) is 2. The molecule has 1 fully saturated rings. The Labute approximate surface area is 204 Å². The molecule has 0 unspecified atom stereocenters. The Morgan fingerprint density at radius 2 is 1.80 bits per heavy atom. The van der Waals surface area contributed by atoms with Gasteiger partial charge in [0.2, 0.25) is 0 Å². The van der Waals surface area contributed by atoms with Gasteiger partial charge in [0.1, 0.15) is 24.2 Å². The minimum atomic E-state index is -0.912. The van der Waals surface area contributed by atoms with Crippen LogP contribution in [0.3, 0.4) is 0 Å². The van der Waals surface area contributed by atoms with Crippen LogP contribution in [0.4, 0.5) is 5.69 Å². The van der Waals surface area contributed by atoms with E-state index in [2.05, 4.69) is 9.88 Å². The van der Waals surface area contributed by atoms with Crippen molar-refractivity contribution in [2.45, 2.75) is 26.2 Å². The Kier molecular flexibility index (Phi) is 6.39. The molecule has 0 atom stereocenters. The van der Waals surface area contributed by atoms with Gasteiger partial charge in [0.15, 0.2) is 0 Å². The van der Waals surface area contributed by atoms with Crippen LogP contribution >= 0.6 is 0 Å². The van der Waals surface area contributed by atoms with Crippen LogP contribution in [0.1, 0.15) is 27.0 Å². The fourth-order valence-corrected chi connectivity index (χ4v) is 4.23. The lowest BCUT2D eigenvalue weighted by Crippen LogP contribution is -2.54. The van der Waals surface area contributed by atoms with Gasteiger partial charge >= 0.3 is 5.97 Å². The van der Waals surface area contributed by atoms with Gasteiger partial charge in [-0.2, -0.15) is 0 Å². The smallest absolute Gasteiger partial charge is 0.336 e. The average molecular weight is 470 g/mol. The molecule has 1 aliphatic rings. The summed E-state index contributed by atoms with van der Waals surface area (Å²) in [5.74, 6) is 0.649. The van der Waals surface area contributed by atoms with Crippen molar-refractivity contribution in [3.63, 3.8) is 0 Å². The Balaban J connectivity index is 1.19. The number of carboxylic acids is 1. The third kappa shape index (κ3) is 5.30. The van der Waals surface area contributed by atoms with Crippen molar-refractivity contribution >= 4 is 11.7 Å². The molecule has 0 amide bonds. The van der Waals surface area contributed by atoms with Gasteiger partial charge in [-0.3, -0.25) is 4.98 Å². The number of carbonyl (C=O) groups is 1. The molecule has 1 N–H and O–H groups in total. The van der Waals surface area contributed by atoms with Crippen LogP contribution in [-0.2, 0) is 13.2 Å². The van der Waals surface area contributed by atoms with Gasteiger partial charge in [-0.25, -0.2) is 4.79 Å². The maximum atomic E-state index is 11.8. The summed E-state index contributed by atoms with van der Waals surface area (Å²) in [6.45, 7) is 4.36. The lowest BCUT2D eigenvalue weighted by atomic mass is 10.0. The van der Waals surface area contributed by atoms with Gasteiger partial charge in [0, 0.05) is 36.4 Å². The first-order valence-corrected chi connectivity index (χ1v) is 11.6. The molecule has 1 aliphatic heterocycles. The van der Waals surface area contributed by atoms with Crippen LogP contribution in [0, 0.1) is 6.92 Å². The largest absolute Gasteiger partial charge is 0.487 e. The molecule has 35 heavy (non-hydrogen) atoms. The molecular weight excluding hydrogens is 442 g/mol. The molecule has 0 saturated carbocycles. The summed E-state index contributed by atoms with van der Waals surface area (Å²) in [5, 5.41) is 9.71. The Hall–Kier alpha value is -4.26. The summed E-state index contributed by atoms with van der Waals surface area (Å²) in [6, 6.07) is 19.2. The Bertz CT molecular complexity index is 1300. The summed E-state index contributed by atoms with van der Waals surface area (Å²) in [6.07, 6.45) is 7.44. The molecule has 2 aromatic carbocycles. The average Bonchev–Trinajstić information content (AvgIpc) is 3.34. The lowest BCUT2D eigenvalue weighted by molar-refractivity contribution is 0.0695. The quantitative estimate of drug-likeness (QED) is 0.380.